The van der Waals surface area contributed by atoms with Gasteiger partial charge in [-0.1, -0.05) is 24.9 Å². The van der Waals surface area contributed by atoms with Gasteiger partial charge in [0.05, 0.1) is 15.9 Å². The fraction of sp³-hybridized carbons (Fsp3) is 0.400. The third kappa shape index (κ3) is 3.13. The van der Waals surface area contributed by atoms with Gasteiger partial charge in [0.1, 0.15) is 5.02 Å². The quantitative estimate of drug-likeness (QED) is 0.597. The van der Waals surface area contributed by atoms with Crippen molar-refractivity contribution in [3.63, 3.8) is 0 Å². The van der Waals surface area contributed by atoms with Crippen LogP contribution in [0.1, 0.15) is 25.3 Å². The molecule has 0 N–H and O–H groups in total. The van der Waals surface area contributed by atoms with Gasteiger partial charge in [0.15, 0.2) is 0 Å². The Morgan fingerprint density at radius 3 is 2.35 bits per heavy atom. The molecule has 92 valence electrons. The van der Waals surface area contributed by atoms with Crippen LogP contribution in [0.25, 0.3) is 0 Å². The minimum atomic E-state index is -0.704. The molecule has 0 aromatic heterocycles. The van der Waals surface area contributed by atoms with Crippen LogP contribution >= 0.6 is 11.6 Å². The predicted octanol–water partition coefficient (Wildman–Crippen LogP) is 3.50. The first kappa shape index (κ1) is 13.4. The van der Waals surface area contributed by atoms with E-state index in [0.717, 1.165) is 18.9 Å². The molecule has 17 heavy (non-hydrogen) atoms. The molecule has 0 aliphatic heterocycles. The number of nitrogens with zero attached hydrogens (tertiary/aromatic N) is 2. The van der Waals surface area contributed by atoms with Crippen molar-refractivity contribution in [2.75, 3.05) is 0 Å². The molecule has 0 spiro atoms. The van der Waals surface area contributed by atoms with Crippen molar-refractivity contribution in [3.8, 4) is 0 Å². The van der Waals surface area contributed by atoms with Crippen molar-refractivity contribution in [1.82, 2.24) is 0 Å². The summed E-state index contributed by atoms with van der Waals surface area (Å²) < 4.78 is 0. The van der Waals surface area contributed by atoms with Gasteiger partial charge in [0, 0.05) is 6.07 Å². The summed E-state index contributed by atoms with van der Waals surface area (Å²) in [6.07, 6.45) is 2.16. The van der Waals surface area contributed by atoms with Crippen LogP contribution in [0.2, 0.25) is 5.02 Å². The summed E-state index contributed by atoms with van der Waals surface area (Å²) in [7, 11) is 0. The monoisotopic (exact) mass is 258 g/mol. The molecule has 0 bridgehead atoms. The Hall–Kier alpha value is -1.69. The highest BCUT2D eigenvalue weighted by Gasteiger charge is 2.22. The second kappa shape index (κ2) is 5.58. The summed E-state index contributed by atoms with van der Waals surface area (Å²) in [6, 6.07) is 2.18. The molecular formula is C10H11ClN2O4. The first-order valence-corrected chi connectivity index (χ1v) is 5.46. The summed E-state index contributed by atoms with van der Waals surface area (Å²) in [5.74, 6) is 0. The van der Waals surface area contributed by atoms with Gasteiger partial charge < -0.3 is 0 Å². The van der Waals surface area contributed by atoms with Gasteiger partial charge in [0.2, 0.25) is 0 Å². The van der Waals surface area contributed by atoms with E-state index in [1.54, 1.807) is 0 Å². The van der Waals surface area contributed by atoms with Crippen molar-refractivity contribution < 1.29 is 9.85 Å². The van der Waals surface area contributed by atoms with Crippen LogP contribution in [0.3, 0.4) is 0 Å². The van der Waals surface area contributed by atoms with Crippen LogP contribution in [0, 0.1) is 20.2 Å². The number of hydrogen-bond acceptors (Lipinski definition) is 4. The highest BCUT2D eigenvalue weighted by atomic mass is 35.5. The molecule has 6 nitrogen and oxygen atoms in total. The van der Waals surface area contributed by atoms with Crippen LogP contribution in [-0.2, 0) is 6.42 Å². The third-order valence-electron chi connectivity index (χ3n) is 2.32. The van der Waals surface area contributed by atoms with Crippen LogP contribution in [0.4, 0.5) is 11.4 Å². The van der Waals surface area contributed by atoms with Crippen molar-refractivity contribution in [2.45, 2.75) is 26.2 Å². The van der Waals surface area contributed by atoms with E-state index in [1.807, 2.05) is 6.92 Å². The average Bonchev–Trinajstić information content (AvgIpc) is 2.26. The Morgan fingerprint density at radius 1 is 1.24 bits per heavy atom. The van der Waals surface area contributed by atoms with Gasteiger partial charge in [0.25, 0.3) is 11.4 Å². The summed E-state index contributed by atoms with van der Waals surface area (Å²) in [5.41, 5.74) is -0.256. The zero-order valence-electron chi connectivity index (χ0n) is 9.18. The number of rotatable bonds is 5. The molecule has 0 amide bonds. The highest BCUT2D eigenvalue weighted by molar-refractivity contribution is 6.33. The summed E-state index contributed by atoms with van der Waals surface area (Å²) in [6.45, 7) is 1.96. The summed E-state index contributed by atoms with van der Waals surface area (Å²) in [4.78, 5) is 20.0. The van der Waals surface area contributed by atoms with Gasteiger partial charge in [-0.25, -0.2) is 0 Å². The Labute approximate surface area is 103 Å². The van der Waals surface area contributed by atoms with Gasteiger partial charge >= 0.3 is 0 Å². The van der Waals surface area contributed by atoms with Crippen molar-refractivity contribution in [1.29, 1.82) is 0 Å². The smallest absolute Gasteiger partial charge is 0.258 e. The fourth-order valence-electron chi connectivity index (χ4n) is 1.44. The molecule has 0 saturated heterocycles. The van der Waals surface area contributed by atoms with E-state index >= 15 is 0 Å². The Morgan fingerprint density at radius 2 is 1.88 bits per heavy atom. The van der Waals surface area contributed by atoms with Crippen molar-refractivity contribution >= 4 is 23.0 Å². The standard InChI is InChI=1S/C10H11ClN2O4/c1-2-3-4-7-5-8(12(14)15)6-9(10(7)11)13(16)17/h5-6H,2-4H2,1H3. The molecule has 0 unspecified atom stereocenters. The van der Waals surface area contributed by atoms with E-state index in [9.17, 15) is 20.2 Å². The first-order chi connectivity index (χ1) is 7.97. The molecule has 1 aromatic rings. The van der Waals surface area contributed by atoms with Crippen LogP contribution in [-0.4, -0.2) is 9.85 Å². The number of non-ortho nitro benzene ring substituents is 1. The highest BCUT2D eigenvalue weighted by Crippen LogP contribution is 2.33. The molecule has 0 heterocycles. The minimum absolute atomic E-state index is 0.00551. The number of hydrogen-bond donors (Lipinski definition) is 0. The number of aryl methyl sites for hydroxylation is 1. The van der Waals surface area contributed by atoms with Gasteiger partial charge in [-0.2, -0.15) is 0 Å². The van der Waals surface area contributed by atoms with E-state index in [2.05, 4.69) is 0 Å². The normalized spacial score (nSPS) is 10.2. The lowest BCUT2D eigenvalue weighted by molar-refractivity contribution is -0.394. The lowest BCUT2D eigenvalue weighted by atomic mass is 10.1. The van der Waals surface area contributed by atoms with Gasteiger partial charge in [-0.15, -0.1) is 0 Å². The average molecular weight is 259 g/mol. The number of halogens is 1. The molecular weight excluding hydrogens is 248 g/mol. The SMILES string of the molecule is CCCCc1cc([N+](=O)[O-])cc([N+](=O)[O-])c1Cl. The minimum Gasteiger partial charge on any atom is -0.258 e. The molecule has 1 aromatic carbocycles. The molecule has 0 saturated carbocycles. The molecule has 1 rings (SSSR count). The topological polar surface area (TPSA) is 86.3 Å². The molecule has 0 atom stereocenters. The maximum atomic E-state index is 10.7. The van der Waals surface area contributed by atoms with Crippen LogP contribution in [0.5, 0.6) is 0 Å². The maximum Gasteiger partial charge on any atom is 0.295 e. The number of nitro groups is 2. The van der Waals surface area contributed by atoms with E-state index < -0.39 is 15.5 Å². The van der Waals surface area contributed by atoms with Gasteiger partial charge in [-0.3, -0.25) is 20.2 Å². The molecule has 0 aliphatic carbocycles. The van der Waals surface area contributed by atoms with E-state index in [0.29, 0.717) is 12.0 Å². The lowest BCUT2D eigenvalue weighted by Crippen LogP contribution is -1.97. The second-order valence-corrected chi connectivity index (χ2v) is 3.93. The van der Waals surface area contributed by atoms with E-state index in [4.69, 9.17) is 11.6 Å². The summed E-state index contributed by atoms with van der Waals surface area (Å²) >= 11 is 5.85. The van der Waals surface area contributed by atoms with E-state index in [1.165, 1.54) is 6.07 Å². The molecule has 0 fully saturated rings. The lowest BCUT2D eigenvalue weighted by Gasteiger charge is -2.04. The second-order valence-electron chi connectivity index (χ2n) is 3.56. The fourth-order valence-corrected chi connectivity index (χ4v) is 1.71. The molecule has 0 aliphatic rings. The zero-order valence-corrected chi connectivity index (χ0v) is 9.94. The number of benzene rings is 1. The van der Waals surface area contributed by atoms with E-state index in [-0.39, 0.29) is 10.7 Å². The first-order valence-electron chi connectivity index (χ1n) is 5.08. The van der Waals surface area contributed by atoms with Crippen LogP contribution < -0.4 is 0 Å². The molecule has 7 heteroatoms. The predicted molar refractivity (Wildman–Crippen MR) is 63.4 cm³/mol. The molecule has 0 radical (unpaired) electrons. The Kier molecular flexibility index (Phi) is 4.39. The number of unbranched alkanes of at least 4 members (excludes halogenated alkanes) is 1. The summed E-state index contributed by atoms with van der Waals surface area (Å²) in [5, 5.41) is 21.4. The Bertz CT molecular complexity index is 462. The van der Waals surface area contributed by atoms with Crippen LogP contribution in [0.15, 0.2) is 12.1 Å². The largest absolute Gasteiger partial charge is 0.295 e. The van der Waals surface area contributed by atoms with Crippen molar-refractivity contribution in [3.05, 3.63) is 42.9 Å². The maximum absolute atomic E-state index is 10.7. The number of nitro benzene ring substituents is 2. The zero-order chi connectivity index (χ0) is 13.0. The van der Waals surface area contributed by atoms with Crippen molar-refractivity contribution in [2.24, 2.45) is 0 Å². The Balaban J connectivity index is 3.27. The third-order valence-corrected chi connectivity index (χ3v) is 2.76. The van der Waals surface area contributed by atoms with Gasteiger partial charge in [-0.05, 0) is 18.4 Å².